The lowest BCUT2D eigenvalue weighted by atomic mass is 10.1. The second-order valence-electron chi connectivity index (χ2n) is 4.32. The molecule has 1 atom stereocenters. The van der Waals surface area contributed by atoms with E-state index in [1.165, 1.54) is 7.11 Å². The third-order valence-electron chi connectivity index (χ3n) is 2.85. The summed E-state index contributed by atoms with van der Waals surface area (Å²) in [5.41, 5.74) is 0.906. The van der Waals surface area contributed by atoms with Gasteiger partial charge in [0.25, 0.3) is 0 Å². The van der Waals surface area contributed by atoms with Crippen molar-refractivity contribution in [1.29, 1.82) is 0 Å². The zero-order valence-corrected chi connectivity index (χ0v) is 12.3. The molecule has 0 aliphatic carbocycles. The molecule has 0 saturated heterocycles. The van der Waals surface area contributed by atoms with Crippen LogP contribution in [0, 0.1) is 6.92 Å². The Kier molecular flexibility index (Phi) is 5.20. The molecule has 0 amide bonds. The minimum Gasteiger partial charge on any atom is -0.469 e. The number of esters is 1. The Bertz CT molecular complexity index is 557. The van der Waals surface area contributed by atoms with Crippen LogP contribution in [0.1, 0.15) is 28.9 Å². The van der Waals surface area contributed by atoms with Crippen molar-refractivity contribution < 1.29 is 9.53 Å². The first-order chi connectivity index (χ1) is 9.69. The lowest BCUT2D eigenvalue weighted by molar-refractivity contribution is -0.141. The van der Waals surface area contributed by atoms with E-state index in [1.807, 2.05) is 30.5 Å². The number of aryl methyl sites for hydroxylation is 1. The molecule has 0 aliphatic rings. The SMILES string of the molecule is COC(=O)CC(NCc1ccnc(C)n1)c1cccs1. The monoisotopic (exact) mass is 291 g/mol. The maximum absolute atomic E-state index is 11.5. The van der Waals surface area contributed by atoms with E-state index in [4.69, 9.17) is 4.74 Å². The number of hydrogen-bond donors (Lipinski definition) is 1. The van der Waals surface area contributed by atoms with E-state index in [0.717, 1.165) is 16.4 Å². The second kappa shape index (κ2) is 7.12. The fraction of sp³-hybridized carbons (Fsp3) is 0.357. The number of ether oxygens (including phenoxy) is 1. The van der Waals surface area contributed by atoms with Crippen LogP contribution in [-0.4, -0.2) is 23.0 Å². The van der Waals surface area contributed by atoms with Crippen LogP contribution >= 0.6 is 11.3 Å². The van der Waals surface area contributed by atoms with Crippen LogP contribution in [0.5, 0.6) is 0 Å². The van der Waals surface area contributed by atoms with Crippen molar-refractivity contribution in [3.8, 4) is 0 Å². The third kappa shape index (κ3) is 4.11. The summed E-state index contributed by atoms with van der Waals surface area (Å²) in [5, 5.41) is 5.35. The zero-order chi connectivity index (χ0) is 14.4. The van der Waals surface area contributed by atoms with E-state index >= 15 is 0 Å². The molecule has 0 spiro atoms. The number of carbonyl (C=O) groups excluding carboxylic acids is 1. The quantitative estimate of drug-likeness (QED) is 0.827. The van der Waals surface area contributed by atoms with Gasteiger partial charge >= 0.3 is 5.97 Å². The number of aromatic nitrogens is 2. The molecule has 6 heteroatoms. The molecule has 0 aromatic carbocycles. The molecular formula is C14H17N3O2S. The van der Waals surface area contributed by atoms with Gasteiger partial charge in [-0.05, 0) is 24.4 Å². The average molecular weight is 291 g/mol. The van der Waals surface area contributed by atoms with Gasteiger partial charge in [-0.1, -0.05) is 6.07 Å². The molecule has 20 heavy (non-hydrogen) atoms. The van der Waals surface area contributed by atoms with E-state index in [0.29, 0.717) is 13.0 Å². The zero-order valence-electron chi connectivity index (χ0n) is 11.5. The number of methoxy groups -OCH3 is 1. The van der Waals surface area contributed by atoms with Crippen LogP contribution in [0.15, 0.2) is 29.8 Å². The number of carbonyl (C=O) groups is 1. The van der Waals surface area contributed by atoms with Crippen LogP contribution < -0.4 is 5.32 Å². The van der Waals surface area contributed by atoms with Gasteiger partial charge in [0.05, 0.1) is 25.3 Å². The van der Waals surface area contributed by atoms with E-state index < -0.39 is 0 Å². The summed E-state index contributed by atoms with van der Waals surface area (Å²) in [6.07, 6.45) is 2.04. The van der Waals surface area contributed by atoms with Crippen molar-refractivity contribution in [3.63, 3.8) is 0 Å². The topological polar surface area (TPSA) is 64.1 Å². The average Bonchev–Trinajstić information content (AvgIpc) is 2.97. The minimum absolute atomic E-state index is 0.0577. The number of nitrogens with one attached hydrogen (secondary N) is 1. The summed E-state index contributed by atoms with van der Waals surface area (Å²) >= 11 is 1.62. The second-order valence-corrected chi connectivity index (χ2v) is 5.30. The molecule has 0 fully saturated rings. The standard InChI is InChI=1S/C14H17N3O2S/c1-10-15-6-5-11(17-10)9-16-12(8-14(18)19-2)13-4-3-7-20-13/h3-7,12,16H,8-9H2,1-2H3. The van der Waals surface area contributed by atoms with Crippen molar-refractivity contribution >= 4 is 17.3 Å². The van der Waals surface area contributed by atoms with Crippen LogP contribution in [0.4, 0.5) is 0 Å². The van der Waals surface area contributed by atoms with Crippen LogP contribution in [-0.2, 0) is 16.1 Å². The van der Waals surface area contributed by atoms with Gasteiger partial charge in [-0.3, -0.25) is 4.79 Å². The van der Waals surface area contributed by atoms with E-state index in [1.54, 1.807) is 17.5 Å². The summed E-state index contributed by atoms with van der Waals surface area (Å²) in [7, 11) is 1.40. The molecule has 1 N–H and O–H groups in total. The number of hydrogen-bond acceptors (Lipinski definition) is 6. The summed E-state index contributed by atoms with van der Waals surface area (Å²) < 4.78 is 4.75. The Morgan fingerprint density at radius 1 is 1.50 bits per heavy atom. The molecule has 0 radical (unpaired) electrons. The predicted molar refractivity (Wildman–Crippen MR) is 77.3 cm³/mol. The van der Waals surface area contributed by atoms with Gasteiger partial charge in [-0.15, -0.1) is 11.3 Å². The van der Waals surface area contributed by atoms with Gasteiger partial charge in [0, 0.05) is 17.6 Å². The van der Waals surface area contributed by atoms with Crippen molar-refractivity contribution in [2.75, 3.05) is 7.11 Å². The molecule has 0 saturated carbocycles. The van der Waals surface area contributed by atoms with Crippen molar-refractivity contribution in [2.24, 2.45) is 0 Å². The van der Waals surface area contributed by atoms with Crippen LogP contribution in [0.25, 0.3) is 0 Å². The van der Waals surface area contributed by atoms with Crippen molar-refractivity contribution in [1.82, 2.24) is 15.3 Å². The van der Waals surface area contributed by atoms with Crippen molar-refractivity contribution in [2.45, 2.75) is 25.9 Å². The molecule has 0 aliphatic heterocycles. The summed E-state index contributed by atoms with van der Waals surface area (Å²) in [4.78, 5) is 21.0. The van der Waals surface area contributed by atoms with Crippen LogP contribution in [0.3, 0.4) is 0 Å². The fourth-order valence-corrected chi connectivity index (χ4v) is 2.65. The summed E-state index contributed by atoms with van der Waals surface area (Å²) in [6.45, 7) is 2.44. The number of rotatable bonds is 6. The molecule has 2 aromatic rings. The van der Waals surface area contributed by atoms with E-state index in [-0.39, 0.29) is 12.0 Å². The summed E-state index contributed by atoms with van der Waals surface area (Å²) in [6, 6.07) is 5.79. The van der Waals surface area contributed by atoms with E-state index in [9.17, 15) is 4.79 Å². The molecule has 0 bridgehead atoms. The highest BCUT2D eigenvalue weighted by molar-refractivity contribution is 7.10. The Balaban J connectivity index is 2.02. The highest BCUT2D eigenvalue weighted by Gasteiger charge is 2.17. The van der Waals surface area contributed by atoms with Gasteiger partial charge in [0.15, 0.2) is 0 Å². The maximum Gasteiger partial charge on any atom is 0.307 e. The first-order valence-corrected chi connectivity index (χ1v) is 7.19. The highest BCUT2D eigenvalue weighted by atomic mass is 32.1. The third-order valence-corrected chi connectivity index (χ3v) is 3.83. The molecule has 2 aromatic heterocycles. The number of thiophene rings is 1. The maximum atomic E-state index is 11.5. The van der Waals surface area contributed by atoms with Gasteiger partial charge < -0.3 is 10.1 Å². The van der Waals surface area contributed by atoms with E-state index in [2.05, 4.69) is 15.3 Å². The molecule has 2 heterocycles. The highest BCUT2D eigenvalue weighted by Crippen LogP contribution is 2.22. The molecular weight excluding hydrogens is 274 g/mol. The Labute approximate surface area is 122 Å². The first kappa shape index (κ1) is 14.6. The first-order valence-electron chi connectivity index (χ1n) is 6.31. The normalized spacial score (nSPS) is 12.1. The van der Waals surface area contributed by atoms with Gasteiger partial charge in [0.1, 0.15) is 5.82 Å². The molecule has 2 rings (SSSR count). The smallest absolute Gasteiger partial charge is 0.307 e. The number of nitrogens with zero attached hydrogens (tertiary/aromatic N) is 2. The van der Waals surface area contributed by atoms with Crippen LogP contribution in [0.2, 0.25) is 0 Å². The largest absolute Gasteiger partial charge is 0.469 e. The predicted octanol–water partition coefficient (Wildman–Crippen LogP) is 2.24. The minimum atomic E-state index is -0.227. The molecule has 5 nitrogen and oxygen atoms in total. The molecule has 106 valence electrons. The summed E-state index contributed by atoms with van der Waals surface area (Å²) in [5.74, 6) is 0.514. The molecule has 1 unspecified atom stereocenters. The Hall–Kier alpha value is -1.79. The Morgan fingerprint density at radius 3 is 3.00 bits per heavy atom. The van der Waals surface area contributed by atoms with Gasteiger partial charge in [-0.2, -0.15) is 0 Å². The fourth-order valence-electron chi connectivity index (χ4n) is 1.84. The Morgan fingerprint density at radius 2 is 2.35 bits per heavy atom. The van der Waals surface area contributed by atoms with Gasteiger partial charge in [0.2, 0.25) is 0 Å². The lowest BCUT2D eigenvalue weighted by Crippen LogP contribution is -2.24. The van der Waals surface area contributed by atoms with Crippen molar-refractivity contribution in [3.05, 3.63) is 46.2 Å². The van der Waals surface area contributed by atoms with Gasteiger partial charge in [-0.25, -0.2) is 9.97 Å². The lowest BCUT2D eigenvalue weighted by Gasteiger charge is -2.16.